The van der Waals surface area contributed by atoms with E-state index in [1.165, 1.54) is 46.3 Å². The third-order valence-electron chi connectivity index (χ3n) is 6.60. The molecule has 2 heteroatoms. The van der Waals surface area contributed by atoms with Crippen molar-refractivity contribution in [3.8, 4) is 11.1 Å². The molecular formula is C31H52N2. The average molecular weight is 453 g/mol. The minimum atomic E-state index is 0.471. The lowest BCUT2D eigenvalue weighted by Crippen LogP contribution is -2.37. The molecule has 0 radical (unpaired) electrons. The van der Waals surface area contributed by atoms with Crippen LogP contribution in [0.25, 0.3) is 11.1 Å². The van der Waals surface area contributed by atoms with Crippen LogP contribution in [0.5, 0.6) is 0 Å². The van der Waals surface area contributed by atoms with Crippen LogP contribution in [0.4, 0.5) is 5.69 Å². The van der Waals surface area contributed by atoms with Gasteiger partial charge in [0.25, 0.3) is 0 Å². The summed E-state index contributed by atoms with van der Waals surface area (Å²) in [6.45, 7) is 23.0. The van der Waals surface area contributed by atoms with Crippen LogP contribution in [0.1, 0.15) is 78.0 Å². The van der Waals surface area contributed by atoms with E-state index in [2.05, 4.69) is 94.9 Å². The predicted octanol–water partition coefficient (Wildman–Crippen LogP) is 8.39. The first-order valence-electron chi connectivity index (χ1n) is 13.2. The molecule has 0 bridgehead atoms. The molecule has 1 fully saturated rings. The molecule has 0 amide bonds. The summed E-state index contributed by atoms with van der Waals surface area (Å²) in [6.07, 6.45) is 3.66. The summed E-state index contributed by atoms with van der Waals surface area (Å²) in [4.78, 5) is 4.90. The smallest absolute Gasteiger partial charge is 0.0446 e. The van der Waals surface area contributed by atoms with Crippen molar-refractivity contribution in [2.75, 3.05) is 38.6 Å². The number of piperidine rings is 1. The zero-order chi connectivity index (χ0) is 25.2. The number of hydrogen-bond acceptors (Lipinski definition) is 2. The molecule has 186 valence electrons. The monoisotopic (exact) mass is 452 g/mol. The van der Waals surface area contributed by atoms with Crippen LogP contribution < -0.4 is 4.90 Å². The highest BCUT2D eigenvalue weighted by Crippen LogP contribution is 2.38. The first kappa shape index (κ1) is 29.2. The minimum absolute atomic E-state index is 0.471. The van der Waals surface area contributed by atoms with Crippen LogP contribution in [0.3, 0.4) is 0 Å². The van der Waals surface area contributed by atoms with Gasteiger partial charge in [-0.3, -0.25) is 0 Å². The molecule has 2 nitrogen and oxygen atoms in total. The van der Waals surface area contributed by atoms with E-state index < -0.39 is 0 Å². The Labute approximate surface area is 206 Å². The van der Waals surface area contributed by atoms with Gasteiger partial charge in [0.15, 0.2) is 0 Å². The van der Waals surface area contributed by atoms with E-state index in [9.17, 15) is 0 Å². The summed E-state index contributed by atoms with van der Waals surface area (Å²) in [5.41, 5.74) is 8.84. The van der Waals surface area contributed by atoms with Crippen LogP contribution in [-0.2, 0) is 6.42 Å². The summed E-state index contributed by atoms with van der Waals surface area (Å²) in [5, 5.41) is 0. The first-order valence-corrected chi connectivity index (χ1v) is 13.2. The standard InChI is InChI=1S/C27H40N2.2C2H6/c1-20(19-28(6)7)16-23-9-11-26(29-14-12-27(4,5)13-15-29)25(18-23)24-10-8-21(2)22(3)17-24;2*1-2/h8-11,17-18,20H,12-16,19H2,1-7H3;2*1-2H3. The quantitative estimate of drug-likeness (QED) is 0.434. The second-order valence-corrected chi connectivity index (χ2v) is 10.4. The van der Waals surface area contributed by atoms with E-state index >= 15 is 0 Å². The first-order chi connectivity index (χ1) is 15.6. The van der Waals surface area contributed by atoms with Gasteiger partial charge in [-0.25, -0.2) is 0 Å². The largest absolute Gasteiger partial charge is 0.371 e. The van der Waals surface area contributed by atoms with Crippen molar-refractivity contribution in [1.29, 1.82) is 0 Å². The van der Waals surface area contributed by atoms with Crippen molar-refractivity contribution in [1.82, 2.24) is 4.90 Å². The summed E-state index contributed by atoms with van der Waals surface area (Å²) < 4.78 is 0. The predicted molar refractivity (Wildman–Crippen MR) is 151 cm³/mol. The third-order valence-corrected chi connectivity index (χ3v) is 6.60. The van der Waals surface area contributed by atoms with Crippen LogP contribution >= 0.6 is 0 Å². The van der Waals surface area contributed by atoms with E-state index in [4.69, 9.17) is 0 Å². The van der Waals surface area contributed by atoms with Gasteiger partial charge in [0, 0.05) is 30.9 Å². The minimum Gasteiger partial charge on any atom is -0.371 e. The Bertz CT molecular complexity index is 825. The lowest BCUT2D eigenvalue weighted by atomic mass is 9.82. The fourth-order valence-electron chi connectivity index (χ4n) is 4.57. The maximum Gasteiger partial charge on any atom is 0.0446 e. The molecule has 1 heterocycles. The zero-order valence-electron chi connectivity index (χ0n) is 23.7. The van der Waals surface area contributed by atoms with E-state index in [0.29, 0.717) is 11.3 Å². The maximum atomic E-state index is 2.61. The molecule has 1 aliphatic heterocycles. The summed E-state index contributed by atoms with van der Waals surface area (Å²) in [5.74, 6) is 0.652. The van der Waals surface area contributed by atoms with E-state index in [-0.39, 0.29) is 0 Å². The Kier molecular flexibility index (Phi) is 12.2. The van der Waals surface area contributed by atoms with Crippen molar-refractivity contribution < 1.29 is 0 Å². The maximum absolute atomic E-state index is 2.61. The molecule has 1 unspecified atom stereocenters. The average Bonchev–Trinajstić information content (AvgIpc) is 2.78. The van der Waals surface area contributed by atoms with Crippen molar-refractivity contribution in [2.45, 2.75) is 81.6 Å². The molecule has 0 aromatic heterocycles. The molecule has 0 saturated carbocycles. The molecule has 33 heavy (non-hydrogen) atoms. The number of hydrogen-bond donors (Lipinski definition) is 0. The molecule has 1 atom stereocenters. The Balaban J connectivity index is 0.00000129. The number of benzene rings is 2. The van der Waals surface area contributed by atoms with Crippen LogP contribution in [0.2, 0.25) is 0 Å². The second-order valence-electron chi connectivity index (χ2n) is 10.4. The highest BCUT2D eigenvalue weighted by molar-refractivity contribution is 5.80. The van der Waals surface area contributed by atoms with E-state index in [1.807, 2.05) is 27.7 Å². The van der Waals surface area contributed by atoms with Crippen molar-refractivity contribution in [2.24, 2.45) is 11.3 Å². The third kappa shape index (κ3) is 8.81. The van der Waals surface area contributed by atoms with E-state index in [0.717, 1.165) is 26.1 Å². The van der Waals surface area contributed by atoms with Crippen molar-refractivity contribution >= 4 is 5.69 Å². The lowest BCUT2D eigenvalue weighted by Gasteiger charge is -2.39. The summed E-state index contributed by atoms with van der Waals surface area (Å²) in [6, 6.07) is 14.2. The highest BCUT2D eigenvalue weighted by Gasteiger charge is 2.26. The van der Waals surface area contributed by atoms with Crippen LogP contribution in [-0.4, -0.2) is 38.6 Å². The fraction of sp³-hybridized carbons (Fsp3) is 0.613. The fourth-order valence-corrected chi connectivity index (χ4v) is 4.57. The number of rotatable bonds is 6. The molecule has 3 rings (SSSR count). The van der Waals surface area contributed by atoms with Gasteiger partial charge in [0.05, 0.1) is 0 Å². The van der Waals surface area contributed by atoms with Gasteiger partial charge in [-0.1, -0.05) is 72.7 Å². The Morgan fingerprint density at radius 1 is 0.879 bits per heavy atom. The molecule has 0 N–H and O–H groups in total. The van der Waals surface area contributed by atoms with Gasteiger partial charge in [0.1, 0.15) is 0 Å². The summed E-state index contributed by atoms with van der Waals surface area (Å²) in [7, 11) is 4.33. The SMILES string of the molecule is CC.CC.Cc1ccc(-c2cc(CC(C)CN(C)C)ccc2N2CCC(C)(C)CC2)cc1C. The summed E-state index contributed by atoms with van der Waals surface area (Å²) >= 11 is 0. The van der Waals surface area contributed by atoms with Gasteiger partial charge in [-0.2, -0.15) is 0 Å². The Morgan fingerprint density at radius 2 is 1.48 bits per heavy atom. The molecule has 1 aliphatic rings. The van der Waals surface area contributed by atoms with E-state index in [1.54, 1.807) is 0 Å². The molecule has 1 saturated heterocycles. The van der Waals surface area contributed by atoms with Gasteiger partial charge in [-0.15, -0.1) is 0 Å². The Hall–Kier alpha value is -1.80. The van der Waals surface area contributed by atoms with Gasteiger partial charge in [-0.05, 0) is 92.9 Å². The molecular weight excluding hydrogens is 400 g/mol. The molecule has 2 aromatic rings. The number of nitrogens with zero attached hydrogens (tertiary/aromatic N) is 2. The molecule has 0 aliphatic carbocycles. The number of aryl methyl sites for hydroxylation is 2. The van der Waals surface area contributed by atoms with Gasteiger partial charge < -0.3 is 9.80 Å². The lowest BCUT2D eigenvalue weighted by molar-refractivity contribution is 0.280. The zero-order valence-corrected chi connectivity index (χ0v) is 23.7. The van der Waals surface area contributed by atoms with Gasteiger partial charge >= 0.3 is 0 Å². The van der Waals surface area contributed by atoms with Crippen LogP contribution in [0.15, 0.2) is 36.4 Å². The van der Waals surface area contributed by atoms with Crippen molar-refractivity contribution in [3.05, 3.63) is 53.1 Å². The topological polar surface area (TPSA) is 6.48 Å². The highest BCUT2D eigenvalue weighted by atomic mass is 15.1. The number of anilines is 1. The Morgan fingerprint density at radius 3 is 2.03 bits per heavy atom. The van der Waals surface area contributed by atoms with Gasteiger partial charge in [0.2, 0.25) is 0 Å². The van der Waals surface area contributed by atoms with Crippen LogP contribution in [0, 0.1) is 25.2 Å². The molecule has 0 spiro atoms. The van der Waals surface area contributed by atoms with Crippen molar-refractivity contribution in [3.63, 3.8) is 0 Å². The normalized spacial score (nSPS) is 15.8. The second kappa shape index (κ2) is 13.8. The molecule has 2 aromatic carbocycles.